The lowest BCUT2D eigenvalue weighted by Gasteiger charge is -2.40. The van der Waals surface area contributed by atoms with Crippen molar-refractivity contribution in [2.45, 2.75) is 38.9 Å². The van der Waals surface area contributed by atoms with Gasteiger partial charge >= 0.3 is 6.03 Å². The summed E-state index contributed by atoms with van der Waals surface area (Å²) >= 11 is 0. The molecule has 1 heterocycles. The van der Waals surface area contributed by atoms with E-state index >= 15 is 0 Å². The average molecular weight is 499 g/mol. The molecule has 0 radical (unpaired) electrons. The fraction of sp³-hybridized carbons (Fsp3) is 0.355. The van der Waals surface area contributed by atoms with Crippen molar-refractivity contribution in [3.63, 3.8) is 0 Å². The number of urea groups is 1. The third-order valence-electron chi connectivity index (χ3n) is 7.28. The highest BCUT2D eigenvalue weighted by molar-refractivity contribution is 5.87. The number of nitrogens with zero attached hydrogens (tertiary/aromatic N) is 2. The van der Waals surface area contributed by atoms with Crippen molar-refractivity contribution in [3.8, 4) is 0 Å². The normalized spacial score (nSPS) is 15.7. The van der Waals surface area contributed by atoms with Crippen LogP contribution in [0.2, 0.25) is 0 Å². The van der Waals surface area contributed by atoms with Crippen molar-refractivity contribution < 1.29 is 9.59 Å². The van der Waals surface area contributed by atoms with Crippen molar-refractivity contribution in [2.24, 2.45) is 5.92 Å². The van der Waals surface area contributed by atoms with Gasteiger partial charge in [-0.25, -0.2) is 4.79 Å². The van der Waals surface area contributed by atoms with Crippen LogP contribution in [0, 0.1) is 5.92 Å². The first-order valence-corrected chi connectivity index (χ1v) is 13.3. The van der Waals surface area contributed by atoms with Gasteiger partial charge in [0.2, 0.25) is 5.91 Å². The molecule has 37 heavy (non-hydrogen) atoms. The fourth-order valence-corrected chi connectivity index (χ4v) is 4.89. The molecule has 6 nitrogen and oxygen atoms in total. The molecule has 1 fully saturated rings. The van der Waals surface area contributed by atoms with E-state index in [1.54, 1.807) is 0 Å². The molecule has 4 rings (SSSR count). The van der Waals surface area contributed by atoms with Gasteiger partial charge in [0.1, 0.15) is 6.04 Å². The van der Waals surface area contributed by atoms with Gasteiger partial charge in [-0.15, -0.1) is 0 Å². The Kier molecular flexibility index (Phi) is 9.33. The quantitative estimate of drug-likeness (QED) is 0.444. The highest BCUT2D eigenvalue weighted by Crippen LogP contribution is 2.29. The lowest BCUT2D eigenvalue weighted by molar-refractivity contribution is -0.124. The summed E-state index contributed by atoms with van der Waals surface area (Å²) in [6.45, 7) is 7.24. The first-order valence-electron chi connectivity index (χ1n) is 13.3. The van der Waals surface area contributed by atoms with Crippen LogP contribution in [0.5, 0.6) is 0 Å². The largest absolute Gasteiger partial charge is 0.350 e. The number of benzene rings is 3. The molecule has 0 aromatic heterocycles. The van der Waals surface area contributed by atoms with Crippen LogP contribution in [-0.4, -0.2) is 54.0 Å². The zero-order valence-electron chi connectivity index (χ0n) is 21.8. The van der Waals surface area contributed by atoms with E-state index in [-0.39, 0.29) is 23.9 Å². The van der Waals surface area contributed by atoms with Crippen molar-refractivity contribution in [3.05, 3.63) is 108 Å². The fourth-order valence-electron chi connectivity index (χ4n) is 4.89. The number of carbonyl (C=O) groups excluding carboxylic acids is 2. The maximum atomic E-state index is 13.2. The molecule has 2 atom stereocenters. The zero-order chi connectivity index (χ0) is 26.0. The topological polar surface area (TPSA) is 64.7 Å². The monoisotopic (exact) mass is 498 g/mol. The van der Waals surface area contributed by atoms with E-state index in [0.29, 0.717) is 19.6 Å². The lowest BCUT2D eigenvalue weighted by atomic mass is 9.96. The molecule has 194 valence electrons. The predicted molar refractivity (Wildman–Crippen MR) is 148 cm³/mol. The van der Waals surface area contributed by atoms with Gasteiger partial charge in [-0.2, -0.15) is 0 Å². The van der Waals surface area contributed by atoms with Gasteiger partial charge in [-0.1, -0.05) is 111 Å². The molecule has 0 spiro atoms. The van der Waals surface area contributed by atoms with Crippen LogP contribution in [0.3, 0.4) is 0 Å². The summed E-state index contributed by atoms with van der Waals surface area (Å²) in [5, 5.41) is 6.04. The standard InChI is InChI=1S/C31H38N4O2/c1-3-24(2)28(30(36)32-23-25-13-7-4-8-14-25)33-31(37)35-21-19-34(20-22-35)29(26-15-9-5-10-16-26)27-17-11-6-12-18-27/h4-18,24,28-29H,3,19-23H2,1-2H3,(H,32,36)(H,33,37)/t24?,28-/m1/s1. The number of carbonyl (C=O) groups is 2. The highest BCUT2D eigenvalue weighted by atomic mass is 16.2. The number of nitrogens with one attached hydrogen (secondary N) is 2. The van der Waals surface area contributed by atoms with Crippen LogP contribution in [0.25, 0.3) is 0 Å². The molecule has 1 unspecified atom stereocenters. The molecule has 3 aromatic rings. The van der Waals surface area contributed by atoms with Crippen LogP contribution in [0.1, 0.15) is 43.0 Å². The molecular weight excluding hydrogens is 460 g/mol. The summed E-state index contributed by atoms with van der Waals surface area (Å²) < 4.78 is 0. The number of amides is 3. The van der Waals surface area contributed by atoms with Gasteiger partial charge in [-0.3, -0.25) is 9.69 Å². The first-order chi connectivity index (χ1) is 18.1. The highest BCUT2D eigenvalue weighted by Gasteiger charge is 2.31. The summed E-state index contributed by atoms with van der Waals surface area (Å²) in [6, 6.07) is 30.3. The molecule has 3 amide bonds. The molecular formula is C31H38N4O2. The second-order valence-electron chi connectivity index (χ2n) is 9.76. The summed E-state index contributed by atoms with van der Waals surface area (Å²) in [7, 11) is 0. The van der Waals surface area contributed by atoms with E-state index in [1.807, 2.05) is 61.2 Å². The van der Waals surface area contributed by atoms with E-state index in [0.717, 1.165) is 25.1 Å². The van der Waals surface area contributed by atoms with Crippen molar-refractivity contribution >= 4 is 11.9 Å². The first kappa shape index (κ1) is 26.4. The minimum Gasteiger partial charge on any atom is -0.350 e. The minimum absolute atomic E-state index is 0.0292. The van der Waals surface area contributed by atoms with E-state index in [4.69, 9.17) is 0 Å². The Labute approximate surface area is 220 Å². The molecule has 0 aliphatic carbocycles. The summed E-state index contributed by atoms with van der Waals surface area (Å²) in [4.78, 5) is 30.6. The van der Waals surface area contributed by atoms with Crippen LogP contribution in [0.15, 0.2) is 91.0 Å². The van der Waals surface area contributed by atoms with Crippen molar-refractivity contribution in [2.75, 3.05) is 26.2 Å². The molecule has 1 saturated heterocycles. The minimum atomic E-state index is -0.569. The van der Waals surface area contributed by atoms with Gasteiger partial charge in [-0.05, 0) is 22.6 Å². The Balaban J connectivity index is 1.38. The van der Waals surface area contributed by atoms with Crippen molar-refractivity contribution in [1.82, 2.24) is 20.4 Å². The molecule has 1 aliphatic heterocycles. The number of piperazine rings is 1. The maximum absolute atomic E-state index is 13.2. The number of hydrogen-bond donors (Lipinski definition) is 2. The second-order valence-corrected chi connectivity index (χ2v) is 9.76. The summed E-state index contributed by atoms with van der Waals surface area (Å²) in [5.74, 6) is -0.111. The van der Waals surface area contributed by atoms with Crippen LogP contribution >= 0.6 is 0 Å². The van der Waals surface area contributed by atoms with Gasteiger partial charge in [0, 0.05) is 32.7 Å². The average Bonchev–Trinajstić information content (AvgIpc) is 2.96. The molecule has 1 aliphatic rings. The summed E-state index contributed by atoms with van der Waals surface area (Å²) in [5.41, 5.74) is 3.53. The summed E-state index contributed by atoms with van der Waals surface area (Å²) in [6.07, 6.45) is 0.799. The van der Waals surface area contributed by atoms with Crippen LogP contribution in [0.4, 0.5) is 4.79 Å². The van der Waals surface area contributed by atoms with Gasteiger partial charge in [0.15, 0.2) is 0 Å². The van der Waals surface area contributed by atoms with Gasteiger partial charge in [0.25, 0.3) is 0 Å². The third-order valence-corrected chi connectivity index (χ3v) is 7.28. The Morgan fingerprint density at radius 2 is 1.30 bits per heavy atom. The number of hydrogen-bond acceptors (Lipinski definition) is 3. The van der Waals surface area contributed by atoms with Crippen molar-refractivity contribution in [1.29, 1.82) is 0 Å². The Bertz CT molecular complexity index is 1080. The lowest BCUT2D eigenvalue weighted by Crippen LogP contribution is -2.57. The molecule has 2 N–H and O–H groups in total. The van der Waals surface area contributed by atoms with Crippen LogP contribution < -0.4 is 10.6 Å². The predicted octanol–water partition coefficient (Wildman–Crippen LogP) is 4.83. The van der Waals surface area contributed by atoms with Gasteiger partial charge in [0.05, 0.1) is 6.04 Å². The maximum Gasteiger partial charge on any atom is 0.318 e. The van der Waals surface area contributed by atoms with Gasteiger partial charge < -0.3 is 15.5 Å². The van der Waals surface area contributed by atoms with E-state index < -0.39 is 6.04 Å². The SMILES string of the molecule is CCC(C)[C@@H](NC(=O)N1CCN(C(c2ccccc2)c2ccccc2)CC1)C(=O)NCc1ccccc1. The van der Waals surface area contributed by atoms with E-state index in [9.17, 15) is 9.59 Å². The third kappa shape index (κ3) is 6.98. The number of rotatable bonds is 9. The Hall–Kier alpha value is -3.64. The van der Waals surface area contributed by atoms with Crippen LogP contribution in [-0.2, 0) is 11.3 Å². The Morgan fingerprint density at radius 3 is 1.81 bits per heavy atom. The molecule has 0 bridgehead atoms. The van der Waals surface area contributed by atoms with E-state index in [2.05, 4.69) is 64.1 Å². The smallest absolute Gasteiger partial charge is 0.318 e. The molecule has 6 heteroatoms. The Morgan fingerprint density at radius 1 is 0.784 bits per heavy atom. The zero-order valence-corrected chi connectivity index (χ0v) is 21.8. The molecule has 3 aromatic carbocycles. The van der Waals surface area contributed by atoms with E-state index in [1.165, 1.54) is 11.1 Å². The molecule has 0 saturated carbocycles. The second kappa shape index (κ2) is 13.1.